The Hall–Kier alpha value is -1.73. The highest BCUT2D eigenvalue weighted by molar-refractivity contribution is 5.79. The fourth-order valence-electron chi connectivity index (χ4n) is 9.56. The number of piperazine rings is 1. The van der Waals surface area contributed by atoms with Crippen LogP contribution in [0.1, 0.15) is 93.9 Å². The van der Waals surface area contributed by atoms with Crippen molar-refractivity contribution in [1.29, 1.82) is 0 Å². The third-order valence-electron chi connectivity index (χ3n) is 12.1. The predicted molar refractivity (Wildman–Crippen MR) is 164 cm³/mol. The van der Waals surface area contributed by atoms with Gasteiger partial charge in [0, 0.05) is 38.6 Å². The molecule has 2 aliphatic heterocycles. The molecule has 0 unspecified atom stereocenters. The van der Waals surface area contributed by atoms with E-state index in [0.717, 1.165) is 77.8 Å². The van der Waals surface area contributed by atoms with Crippen LogP contribution in [0, 0.1) is 24.2 Å². The Morgan fingerprint density at radius 3 is 2.59 bits per heavy atom. The molecule has 6 rings (SSSR count). The minimum Gasteiger partial charge on any atom is -0.393 e. The van der Waals surface area contributed by atoms with Gasteiger partial charge in [0.05, 0.1) is 24.8 Å². The van der Waals surface area contributed by atoms with Gasteiger partial charge in [0.2, 0.25) is 5.91 Å². The molecule has 1 saturated carbocycles. The summed E-state index contributed by atoms with van der Waals surface area (Å²) in [5.74, 6) is 1.70. The normalized spacial score (nSPS) is 36.8. The third-order valence-corrected chi connectivity index (χ3v) is 12.1. The summed E-state index contributed by atoms with van der Waals surface area (Å²) in [6.45, 7) is 17.5. The average Bonchev–Trinajstić information content (AvgIpc) is 3.34. The monoisotopic (exact) mass is 563 g/mol. The number of piperidine rings is 1. The highest BCUT2D eigenvalue weighted by Crippen LogP contribution is 2.60. The molecule has 2 saturated heterocycles. The summed E-state index contributed by atoms with van der Waals surface area (Å²) < 4.78 is 0. The summed E-state index contributed by atoms with van der Waals surface area (Å²) in [5.41, 5.74) is 7.37. The first-order valence-electron chi connectivity index (χ1n) is 16.5. The van der Waals surface area contributed by atoms with E-state index in [9.17, 15) is 15.0 Å². The van der Waals surface area contributed by atoms with E-state index in [1.54, 1.807) is 0 Å². The van der Waals surface area contributed by atoms with Gasteiger partial charge in [0.25, 0.3) is 0 Å². The van der Waals surface area contributed by atoms with Crippen molar-refractivity contribution in [1.82, 2.24) is 14.7 Å². The number of rotatable bonds is 5. The maximum atomic E-state index is 13.8. The highest BCUT2D eigenvalue weighted by Gasteiger charge is 2.50. The van der Waals surface area contributed by atoms with Crippen LogP contribution < -0.4 is 0 Å². The van der Waals surface area contributed by atoms with Crippen molar-refractivity contribution in [3.63, 3.8) is 0 Å². The number of nitrogens with zero attached hydrogens (tertiary/aromatic N) is 3. The van der Waals surface area contributed by atoms with Crippen molar-refractivity contribution in [2.75, 3.05) is 45.8 Å². The molecule has 0 aromatic heterocycles. The SMILES string of the molecule is CCN1CCN(CC(=O)N2C[C@@H](C)C[C@@H](O)[C@@H]2[C@@H](C)c2ccc3c(c2C)C[C@H]2[C@H]3CC=C3C[C@@H](O)CC[C@@]32C)CC1. The molecule has 2 N–H and O–H groups in total. The van der Waals surface area contributed by atoms with Crippen molar-refractivity contribution in [3.05, 3.63) is 46.0 Å². The Bertz CT molecular complexity index is 1170. The second-order valence-electron chi connectivity index (χ2n) is 14.5. The first kappa shape index (κ1) is 29.3. The number of likely N-dealkylation sites (tertiary alicyclic amines) is 1. The minimum absolute atomic E-state index is 0.0698. The Morgan fingerprint density at radius 1 is 1.12 bits per heavy atom. The van der Waals surface area contributed by atoms with Gasteiger partial charge in [-0.25, -0.2) is 0 Å². The second-order valence-corrected chi connectivity index (χ2v) is 14.5. The van der Waals surface area contributed by atoms with Gasteiger partial charge in [-0.1, -0.05) is 51.5 Å². The van der Waals surface area contributed by atoms with Crippen molar-refractivity contribution < 1.29 is 15.0 Å². The molecule has 0 spiro atoms. The molecule has 6 heteroatoms. The van der Waals surface area contributed by atoms with Gasteiger partial charge in [-0.2, -0.15) is 0 Å². The average molecular weight is 564 g/mol. The molecule has 0 bridgehead atoms. The number of carbonyl (C=O) groups excluding carboxylic acids is 1. The fourth-order valence-corrected chi connectivity index (χ4v) is 9.56. The molecule has 41 heavy (non-hydrogen) atoms. The highest BCUT2D eigenvalue weighted by atomic mass is 16.3. The van der Waals surface area contributed by atoms with E-state index in [-0.39, 0.29) is 29.4 Å². The van der Waals surface area contributed by atoms with Gasteiger partial charge in [0.1, 0.15) is 0 Å². The summed E-state index contributed by atoms with van der Waals surface area (Å²) in [6, 6.07) is 4.52. The fraction of sp³-hybridized carbons (Fsp3) is 0.743. The number of carbonyl (C=O) groups is 1. The molecule has 6 nitrogen and oxygen atoms in total. The van der Waals surface area contributed by atoms with Crippen LogP contribution in [0.5, 0.6) is 0 Å². The van der Waals surface area contributed by atoms with E-state index < -0.39 is 6.10 Å². The Morgan fingerprint density at radius 2 is 1.85 bits per heavy atom. The molecule has 1 aromatic carbocycles. The number of aliphatic hydroxyl groups excluding tert-OH is 2. The first-order chi connectivity index (χ1) is 19.6. The third kappa shape index (κ3) is 5.21. The van der Waals surface area contributed by atoms with Crippen molar-refractivity contribution >= 4 is 5.91 Å². The van der Waals surface area contributed by atoms with Crippen LogP contribution in [-0.4, -0.2) is 94.9 Å². The number of fused-ring (bicyclic) bond motifs is 5. The number of likely N-dealkylation sites (N-methyl/N-ethyl adjacent to an activating group) is 1. The number of benzene rings is 1. The van der Waals surface area contributed by atoms with Crippen LogP contribution in [0.15, 0.2) is 23.8 Å². The molecule has 8 atom stereocenters. The molecule has 3 fully saturated rings. The summed E-state index contributed by atoms with van der Waals surface area (Å²) >= 11 is 0. The molecular weight excluding hydrogens is 510 g/mol. The molecule has 5 aliphatic rings. The summed E-state index contributed by atoms with van der Waals surface area (Å²) in [7, 11) is 0. The zero-order valence-electron chi connectivity index (χ0n) is 26.1. The second kappa shape index (κ2) is 11.4. The van der Waals surface area contributed by atoms with Crippen LogP contribution >= 0.6 is 0 Å². The van der Waals surface area contributed by atoms with E-state index >= 15 is 0 Å². The number of aliphatic hydroxyl groups is 2. The summed E-state index contributed by atoms with van der Waals surface area (Å²) in [4.78, 5) is 20.6. The largest absolute Gasteiger partial charge is 0.393 e. The predicted octanol–water partition coefficient (Wildman–Crippen LogP) is 4.47. The number of hydrogen-bond donors (Lipinski definition) is 2. The topological polar surface area (TPSA) is 67.2 Å². The van der Waals surface area contributed by atoms with Crippen molar-refractivity contribution in [2.45, 2.75) is 103 Å². The van der Waals surface area contributed by atoms with E-state index in [2.05, 4.69) is 62.6 Å². The van der Waals surface area contributed by atoms with Crippen LogP contribution in [0.25, 0.3) is 0 Å². The minimum atomic E-state index is -0.510. The van der Waals surface area contributed by atoms with Gasteiger partial charge in [-0.3, -0.25) is 9.69 Å². The molecular formula is C35H53N3O3. The van der Waals surface area contributed by atoms with Gasteiger partial charge in [-0.05, 0) is 97.4 Å². The summed E-state index contributed by atoms with van der Waals surface area (Å²) in [6.07, 6.45) is 7.53. The zero-order chi connectivity index (χ0) is 29.1. The number of hydrogen-bond acceptors (Lipinski definition) is 5. The lowest BCUT2D eigenvalue weighted by Gasteiger charge is -2.48. The first-order valence-corrected chi connectivity index (χ1v) is 16.5. The van der Waals surface area contributed by atoms with E-state index in [4.69, 9.17) is 0 Å². The van der Waals surface area contributed by atoms with Crippen LogP contribution in [0.2, 0.25) is 0 Å². The van der Waals surface area contributed by atoms with Gasteiger partial charge >= 0.3 is 0 Å². The lowest BCUT2D eigenvalue weighted by Crippen LogP contribution is -2.58. The number of amides is 1. The van der Waals surface area contributed by atoms with Crippen LogP contribution in [0.4, 0.5) is 0 Å². The van der Waals surface area contributed by atoms with Gasteiger partial charge in [0.15, 0.2) is 0 Å². The molecule has 0 radical (unpaired) electrons. The number of allylic oxidation sites excluding steroid dienone is 1. The van der Waals surface area contributed by atoms with E-state index in [1.165, 1.54) is 27.8 Å². The van der Waals surface area contributed by atoms with Crippen molar-refractivity contribution in [2.24, 2.45) is 17.3 Å². The quantitative estimate of drug-likeness (QED) is 0.518. The molecule has 2 heterocycles. The Labute approximate surface area is 247 Å². The lowest BCUT2D eigenvalue weighted by molar-refractivity contribution is -0.143. The van der Waals surface area contributed by atoms with Crippen molar-refractivity contribution in [3.8, 4) is 0 Å². The molecule has 1 aromatic rings. The molecule has 3 aliphatic carbocycles. The van der Waals surface area contributed by atoms with Gasteiger partial charge < -0.3 is 20.0 Å². The molecule has 226 valence electrons. The van der Waals surface area contributed by atoms with E-state index in [0.29, 0.717) is 24.3 Å². The zero-order valence-corrected chi connectivity index (χ0v) is 26.1. The van der Waals surface area contributed by atoms with E-state index in [1.807, 2.05) is 4.90 Å². The lowest BCUT2D eigenvalue weighted by atomic mass is 9.57. The maximum Gasteiger partial charge on any atom is 0.237 e. The maximum absolute atomic E-state index is 13.8. The molecule has 1 amide bonds. The standard InChI is InChI=1S/C35H53N3O3/c1-6-36-13-15-37(16-14-36)21-33(41)38-20-22(2)17-32(40)34(38)24(4)27-9-10-28-29-8-7-25-18-26(39)11-12-35(25,5)31(29)19-30(28)23(27)3/h7,9-10,22,24,26,29,31-32,34,39-40H,6,8,11-21H2,1-5H3/t22-,24-,26-,29-,31-,32+,34-,35-/m0/s1. The van der Waals surface area contributed by atoms with Crippen LogP contribution in [-0.2, 0) is 11.2 Å². The van der Waals surface area contributed by atoms with Crippen LogP contribution in [0.3, 0.4) is 0 Å². The summed E-state index contributed by atoms with van der Waals surface area (Å²) in [5, 5.41) is 21.8. The Kier molecular flexibility index (Phi) is 8.16. The smallest absolute Gasteiger partial charge is 0.237 e. The Balaban J connectivity index is 1.23. The van der Waals surface area contributed by atoms with Gasteiger partial charge in [-0.15, -0.1) is 0 Å².